The molecular formula is C27H53IO11. The predicted octanol–water partition coefficient (Wildman–Crippen LogP) is 3.08. The summed E-state index contributed by atoms with van der Waals surface area (Å²) in [6.07, 6.45) is 4.78. The van der Waals surface area contributed by atoms with Gasteiger partial charge in [0.25, 0.3) is 0 Å². The quantitative estimate of drug-likeness (QED) is 0.0433. The second kappa shape index (κ2) is 35.9. The molecule has 0 aromatic heterocycles. The third-order valence-electron chi connectivity index (χ3n) is 4.92. The van der Waals surface area contributed by atoms with Crippen LogP contribution in [0.5, 0.6) is 0 Å². The number of hydrogen-bond donors (Lipinski definition) is 0. The molecule has 0 N–H and O–H groups in total. The number of alkyl halides is 1. The van der Waals surface area contributed by atoms with Crippen molar-refractivity contribution < 1.29 is 52.2 Å². The Labute approximate surface area is 249 Å². The topological polar surface area (TPSA) is 109 Å². The van der Waals surface area contributed by atoms with Crippen molar-refractivity contribution in [1.82, 2.24) is 0 Å². The van der Waals surface area contributed by atoms with Gasteiger partial charge in [-0.2, -0.15) is 0 Å². The van der Waals surface area contributed by atoms with Crippen LogP contribution in [0.4, 0.5) is 0 Å². The molecule has 39 heavy (non-hydrogen) atoms. The highest BCUT2D eigenvalue weighted by atomic mass is 127. The summed E-state index contributed by atoms with van der Waals surface area (Å²) in [5, 5.41) is 0. The Morgan fingerprint density at radius 2 is 0.744 bits per heavy atom. The molecular weight excluding hydrogens is 627 g/mol. The highest BCUT2D eigenvalue weighted by Crippen LogP contribution is 2.03. The summed E-state index contributed by atoms with van der Waals surface area (Å²) in [6.45, 7) is 12.0. The van der Waals surface area contributed by atoms with Gasteiger partial charge >= 0.3 is 5.97 Å². The highest BCUT2D eigenvalue weighted by molar-refractivity contribution is 14.1. The number of esters is 1. The van der Waals surface area contributed by atoms with E-state index in [1.807, 2.05) is 0 Å². The number of carbonyl (C=O) groups is 1. The lowest BCUT2D eigenvalue weighted by molar-refractivity contribution is -0.145. The van der Waals surface area contributed by atoms with Crippen LogP contribution in [0.2, 0.25) is 0 Å². The van der Waals surface area contributed by atoms with E-state index in [9.17, 15) is 4.79 Å². The minimum atomic E-state index is -0.149. The molecule has 0 saturated heterocycles. The van der Waals surface area contributed by atoms with Crippen molar-refractivity contribution in [3.05, 3.63) is 0 Å². The van der Waals surface area contributed by atoms with Crippen molar-refractivity contribution in [1.29, 1.82) is 0 Å². The second-order valence-corrected chi connectivity index (χ2v) is 9.31. The van der Waals surface area contributed by atoms with Crippen LogP contribution in [0.3, 0.4) is 0 Å². The van der Waals surface area contributed by atoms with Crippen molar-refractivity contribution in [3.63, 3.8) is 0 Å². The molecule has 0 heterocycles. The van der Waals surface area contributed by atoms with Gasteiger partial charge < -0.3 is 47.4 Å². The molecule has 0 aromatic rings. The molecule has 0 aliphatic carbocycles. The fourth-order valence-corrected chi connectivity index (χ4v) is 3.21. The van der Waals surface area contributed by atoms with E-state index in [-0.39, 0.29) is 12.6 Å². The predicted molar refractivity (Wildman–Crippen MR) is 156 cm³/mol. The van der Waals surface area contributed by atoms with Gasteiger partial charge in [-0.25, -0.2) is 0 Å². The lowest BCUT2D eigenvalue weighted by atomic mass is 10.2. The Morgan fingerprint density at radius 1 is 0.436 bits per heavy atom. The SMILES string of the molecule is CCCCCCC(=O)OCCOCCOCCOCCOCCOCCOCCOCCOCCOCCI. The average Bonchev–Trinajstić information content (AvgIpc) is 2.94. The van der Waals surface area contributed by atoms with Gasteiger partial charge in [-0.15, -0.1) is 0 Å². The molecule has 0 atom stereocenters. The second-order valence-electron chi connectivity index (χ2n) is 8.23. The van der Waals surface area contributed by atoms with Crippen LogP contribution >= 0.6 is 22.6 Å². The van der Waals surface area contributed by atoms with Gasteiger partial charge in [0.2, 0.25) is 0 Å². The van der Waals surface area contributed by atoms with Crippen molar-refractivity contribution in [2.24, 2.45) is 0 Å². The van der Waals surface area contributed by atoms with E-state index in [4.69, 9.17) is 47.4 Å². The molecule has 11 nitrogen and oxygen atoms in total. The molecule has 0 rings (SSSR count). The molecule has 0 spiro atoms. The maximum Gasteiger partial charge on any atom is 0.305 e. The first-order valence-corrected chi connectivity index (χ1v) is 15.7. The molecule has 234 valence electrons. The number of carbonyl (C=O) groups excluding carboxylic acids is 1. The van der Waals surface area contributed by atoms with E-state index in [2.05, 4.69) is 29.5 Å². The monoisotopic (exact) mass is 680 g/mol. The summed E-state index contributed by atoms with van der Waals surface area (Å²) in [7, 11) is 0. The van der Waals surface area contributed by atoms with Gasteiger partial charge in [0, 0.05) is 10.8 Å². The first-order chi connectivity index (χ1) is 19.3. The van der Waals surface area contributed by atoms with Gasteiger partial charge in [-0.05, 0) is 6.42 Å². The first-order valence-electron chi connectivity index (χ1n) is 14.2. The van der Waals surface area contributed by atoms with Crippen LogP contribution < -0.4 is 0 Å². The zero-order valence-electron chi connectivity index (χ0n) is 24.0. The number of rotatable bonds is 34. The maximum absolute atomic E-state index is 11.5. The number of halogens is 1. The average molecular weight is 681 g/mol. The number of ether oxygens (including phenoxy) is 10. The van der Waals surface area contributed by atoms with Crippen LogP contribution in [0.15, 0.2) is 0 Å². The molecule has 0 radical (unpaired) electrons. The van der Waals surface area contributed by atoms with Crippen LogP contribution in [0, 0.1) is 0 Å². The van der Waals surface area contributed by atoms with E-state index in [1.54, 1.807) is 0 Å². The summed E-state index contributed by atoms with van der Waals surface area (Å²) >= 11 is 2.28. The fraction of sp³-hybridized carbons (Fsp3) is 0.963. The minimum Gasteiger partial charge on any atom is -0.463 e. The molecule has 0 aliphatic rings. The van der Waals surface area contributed by atoms with E-state index in [0.29, 0.717) is 119 Å². The molecule has 0 amide bonds. The zero-order valence-corrected chi connectivity index (χ0v) is 26.2. The van der Waals surface area contributed by atoms with E-state index in [0.717, 1.165) is 36.7 Å². The molecule has 0 saturated carbocycles. The van der Waals surface area contributed by atoms with Gasteiger partial charge in [-0.1, -0.05) is 48.8 Å². The third-order valence-corrected chi connectivity index (χ3v) is 5.36. The van der Waals surface area contributed by atoms with Crippen LogP contribution in [-0.2, 0) is 52.2 Å². The van der Waals surface area contributed by atoms with Crippen LogP contribution in [0.25, 0.3) is 0 Å². The summed E-state index contributed by atoms with van der Waals surface area (Å²) in [4.78, 5) is 11.5. The highest BCUT2D eigenvalue weighted by Gasteiger charge is 2.02. The van der Waals surface area contributed by atoms with Crippen molar-refractivity contribution >= 4 is 28.6 Å². The van der Waals surface area contributed by atoms with Gasteiger partial charge in [0.05, 0.1) is 119 Å². The van der Waals surface area contributed by atoms with E-state index >= 15 is 0 Å². The Hall–Kier alpha value is -0.160. The Bertz CT molecular complexity index is 475. The maximum atomic E-state index is 11.5. The fourth-order valence-electron chi connectivity index (χ4n) is 2.90. The minimum absolute atomic E-state index is 0.149. The van der Waals surface area contributed by atoms with Crippen molar-refractivity contribution in [2.45, 2.75) is 39.0 Å². The zero-order chi connectivity index (χ0) is 28.3. The summed E-state index contributed by atoms with van der Waals surface area (Å²) in [6, 6.07) is 0. The van der Waals surface area contributed by atoms with Crippen LogP contribution in [0.1, 0.15) is 39.0 Å². The molecule has 0 bridgehead atoms. The van der Waals surface area contributed by atoms with E-state index in [1.165, 1.54) is 0 Å². The first kappa shape index (κ1) is 38.8. The normalized spacial score (nSPS) is 11.3. The molecule has 12 heteroatoms. The molecule has 0 fully saturated rings. The Morgan fingerprint density at radius 3 is 1.05 bits per heavy atom. The summed E-state index contributed by atoms with van der Waals surface area (Å²) < 4.78 is 54.9. The largest absolute Gasteiger partial charge is 0.463 e. The smallest absolute Gasteiger partial charge is 0.305 e. The lowest BCUT2D eigenvalue weighted by Crippen LogP contribution is -2.15. The third kappa shape index (κ3) is 35.8. The van der Waals surface area contributed by atoms with Gasteiger partial charge in [-0.3, -0.25) is 4.79 Å². The standard InChI is InChI=1S/C27H53IO11/c1-2-3-4-5-6-27(29)39-26-25-38-24-23-37-22-21-36-20-19-35-18-17-34-16-15-33-14-13-32-12-11-31-10-9-30-8-7-28/h2-26H2,1H3. The van der Waals surface area contributed by atoms with Crippen molar-refractivity contribution in [2.75, 3.05) is 130 Å². The molecule has 0 unspecified atom stereocenters. The Kier molecular flexibility index (Phi) is 35.7. The lowest BCUT2D eigenvalue weighted by Gasteiger charge is -2.09. The number of hydrogen-bond acceptors (Lipinski definition) is 11. The van der Waals surface area contributed by atoms with Gasteiger partial charge in [0.1, 0.15) is 6.61 Å². The number of unbranched alkanes of at least 4 members (excludes halogenated alkanes) is 3. The van der Waals surface area contributed by atoms with E-state index < -0.39 is 0 Å². The molecule has 0 aromatic carbocycles. The molecule has 0 aliphatic heterocycles. The van der Waals surface area contributed by atoms with Crippen molar-refractivity contribution in [3.8, 4) is 0 Å². The van der Waals surface area contributed by atoms with Gasteiger partial charge in [0.15, 0.2) is 0 Å². The Balaban J connectivity index is 3.07. The summed E-state index contributed by atoms with van der Waals surface area (Å²) in [5.41, 5.74) is 0. The van der Waals surface area contributed by atoms with Crippen LogP contribution in [-0.4, -0.2) is 136 Å². The summed E-state index contributed by atoms with van der Waals surface area (Å²) in [5.74, 6) is -0.149.